The molecule has 0 aliphatic carbocycles. The van der Waals surface area contributed by atoms with Gasteiger partial charge < -0.3 is 4.74 Å². The van der Waals surface area contributed by atoms with Crippen LogP contribution in [0.15, 0.2) is 42.5 Å². The van der Waals surface area contributed by atoms with Crippen LogP contribution in [0, 0.1) is 10.1 Å². The number of nitro groups is 1. The lowest BCUT2D eigenvalue weighted by molar-refractivity contribution is -0.384. The highest BCUT2D eigenvalue weighted by molar-refractivity contribution is 6.29. The molecule has 1 aromatic carbocycles. The summed E-state index contributed by atoms with van der Waals surface area (Å²) in [5.41, 5.74) is -0.754. The smallest absolute Gasteiger partial charge is 0.420 e. The van der Waals surface area contributed by atoms with Crippen molar-refractivity contribution >= 4 is 34.9 Å². The van der Waals surface area contributed by atoms with Crippen LogP contribution >= 0.6 is 11.6 Å². The number of nitrogens with zero attached hydrogens (tertiary/aromatic N) is 3. The zero-order valence-electron chi connectivity index (χ0n) is 13.4. The van der Waals surface area contributed by atoms with Gasteiger partial charge in [-0.05, 0) is 39.0 Å². The van der Waals surface area contributed by atoms with E-state index in [0.29, 0.717) is 5.69 Å². The summed E-state index contributed by atoms with van der Waals surface area (Å²) in [5.74, 6) is -0.201. The fourth-order valence-corrected chi connectivity index (χ4v) is 2.07. The number of benzene rings is 1. The second-order valence-corrected chi connectivity index (χ2v) is 6.27. The predicted octanol–water partition coefficient (Wildman–Crippen LogP) is 4.72. The van der Waals surface area contributed by atoms with Gasteiger partial charge in [0.05, 0.1) is 10.6 Å². The molecule has 7 nitrogen and oxygen atoms in total. The van der Waals surface area contributed by atoms with Gasteiger partial charge in [0.25, 0.3) is 0 Å². The lowest BCUT2D eigenvalue weighted by Gasteiger charge is -2.26. The molecular weight excluding hydrogens is 334 g/mol. The molecule has 0 unspecified atom stereocenters. The standard InChI is InChI=1S/C16H16ClN3O4/c1-16(2,3)24-15(21)19(11-7-5-4-6-8-11)14-12(20(22)23)9-10-13(17)18-14/h4-10H,1-3H3. The van der Waals surface area contributed by atoms with Gasteiger partial charge in [0.15, 0.2) is 0 Å². The summed E-state index contributed by atoms with van der Waals surface area (Å²) in [6, 6.07) is 10.9. The molecular formula is C16H16ClN3O4. The number of pyridine rings is 1. The summed E-state index contributed by atoms with van der Waals surface area (Å²) in [6.45, 7) is 5.11. The number of para-hydroxylation sites is 1. The summed E-state index contributed by atoms with van der Waals surface area (Å²) in [6.07, 6.45) is -0.786. The van der Waals surface area contributed by atoms with Crippen molar-refractivity contribution < 1.29 is 14.5 Å². The number of hydrogen-bond acceptors (Lipinski definition) is 5. The number of anilines is 2. The van der Waals surface area contributed by atoms with Crippen molar-refractivity contribution in [3.8, 4) is 0 Å². The van der Waals surface area contributed by atoms with Gasteiger partial charge in [-0.2, -0.15) is 0 Å². The van der Waals surface area contributed by atoms with Crippen molar-refractivity contribution in [1.82, 2.24) is 4.98 Å². The SMILES string of the molecule is CC(C)(C)OC(=O)N(c1ccccc1)c1nc(Cl)ccc1[N+](=O)[O-]. The maximum atomic E-state index is 12.6. The first-order valence-electron chi connectivity index (χ1n) is 7.08. The predicted molar refractivity (Wildman–Crippen MR) is 90.7 cm³/mol. The van der Waals surface area contributed by atoms with Crippen molar-refractivity contribution in [2.45, 2.75) is 26.4 Å². The highest BCUT2D eigenvalue weighted by atomic mass is 35.5. The fraction of sp³-hybridized carbons (Fsp3) is 0.250. The zero-order chi connectivity index (χ0) is 17.9. The Morgan fingerprint density at radius 2 is 1.83 bits per heavy atom. The van der Waals surface area contributed by atoms with Gasteiger partial charge in [0, 0.05) is 6.07 Å². The molecule has 0 saturated heterocycles. The van der Waals surface area contributed by atoms with E-state index in [1.54, 1.807) is 51.1 Å². The Hall–Kier alpha value is -2.67. The Kier molecular flexibility index (Phi) is 5.04. The van der Waals surface area contributed by atoms with E-state index >= 15 is 0 Å². The van der Waals surface area contributed by atoms with Crippen LogP contribution in [0.4, 0.5) is 22.0 Å². The van der Waals surface area contributed by atoms with E-state index in [2.05, 4.69) is 4.98 Å². The number of aromatic nitrogens is 1. The topological polar surface area (TPSA) is 85.6 Å². The minimum absolute atomic E-state index is 0.0279. The highest BCUT2D eigenvalue weighted by Crippen LogP contribution is 2.34. The third-order valence-corrected chi connectivity index (χ3v) is 3.03. The maximum absolute atomic E-state index is 12.6. The summed E-state index contributed by atoms with van der Waals surface area (Å²) >= 11 is 5.88. The zero-order valence-corrected chi connectivity index (χ0v) is 14.1. The largest absolute Gasteiger partial charge is 0.443 e. The van der Waals surface area contributed by atoms with Gasteiger partial charge in [0.1, 0.15) is 10.8 Å². The van der Waals surface area contributed by atoms with Crippen LogP contribution in [-0.2, 0) is 4.74 Å². The van der Waals surface area contributed by atoms with Gasteiger partial charge in [-0.15, -0.1) is 0 Å². The van der Waals surface area contributed by atoms with Crippen molar-refractivity contribution in [3.63, 3.8) is 0 Å². The lowest BCUT2D eigenvalue weighted by Crippen LogP contribution is -2.34. The molecule has 0 spiro atoms. The lowest BCUT2D eigenvalue weighted by atomic mass is 10.2. The van der Waals surface area contributed by atoms with Gasteiger partial charge in [-0.3, -0.25) is 10.1 Å². The Labute approximate surface area is 144 Å². The molecule has 2 aromatic rings. The first-order chi connectivity index (χ1) is 11.2. The maximum Gasteiger partial charge on any atom is 0.420 e. The van der Waals surface area contributed by atoms with E-state index in [0.717, 1.165) is 4.90 Å². The molecule has 0 radical (unpaired) electrons. The summed E-state index contributed by atoms with van der Waals surface area (Å²) < 4.78 is 5.36. The number of carbonyl (C=O) groups is 1. The van der Waals surface area contributed by atoms with Crippen LogP contribution in [0.5, 0.6) is 0 Å². The molecule has 0 fully saturated rings. The molecule has 24 heavy (non-hydrogen) atoms. The number of carbonyl (C=O) groups excluding carboxylic acids is 1. The molecule has 0 atom stereocenters. The minimum Gasteiger partial charge on any atom is -0.443 e. The molecule has 1 aromatic heterocycles. The average molecular weight is 350 g/mol. The van der Waals surface area contributed by atoms with E-state index in [9.17, 15) is 14.9 Å². The molecule has 8 heteroatoms. The van der Waals surface area contributed by atoms with E-state index in [1.165, 1.54) is 12.1 Å². The molecule has 0 aliphatic rings. The number of amides is 1. The quantitative estimate of drug-likeness (QED) is 0.454. The molecule has 0 bridgehead atoms. The first-order valence-corrected chi connectivity index (χ1v) is 7.46. The molecule has 2 rings (SSSR count). The van der Waals surface area contributed by atoms with Gasteiger partial charge in [0.2, 0.25) is 5.82 Å². The van der Waals surface area contributed by atoms with E-state index in [4.69, 9.17) is 16.3 Å². The fourth-order valence-electron chi connectivity index (χ4n) is 1.92. The Bertz CT molecular complexity index is 760. The second kappa shape index (κ2) is 6.84. The highest BCUT2D eigenvalue weighted by Gasteiger charge is 2.31. The van der Waals surface area contributed by atoms with E-state index in [1.807, 2.05) is 0 Å². The van der Waals surface area contributed by atoms with Crippen LogP contribution < -0.4 is 4.90 Å². The third-order valence-electron chi connectivity index (χ3n) is 2.82. The van der Waals surface area contributed by atoms with Gasteiger partial charge in [-0.1, -0.05) is 29.8 Å². The summed E-state index contributed by atoms with van der Waals surface area (Å²) in [5, 5.41) is 11.3. The van der Waals surface area contributed by atoms with Crippen LogP contribution in [0.2, 0.25) is 5.15 Å². The Morgan fingerprint density at radius 3 is 2.38 bits per heavy atom. The first kappa shape index (κ1) is 17.7. The monoisotopic (exact) mass is 349 g/mol. The number of rotatable bonds is 3. The summed E-state index contributed by atoms with van der Waals surface area (Å²) in [7, 11) is 0. The molecule has 0 aliphatic heterocycles. The van der Waals surface area contributed by atoms with Crippen LogP contribution in [0.3, 0.4) is 0 Å². The van der Waals surface area contributed by atoms with Gasteiger partial charge >= 0.3 is 11.8 Å². The normalized spacial score (nSPS) is 11.0. The molecule has 0 saturated carbocycles. The molecule has 0 N–H and O–H groups in total. The van der Waals surface area contributed by atoms with Crippen LogP contribution in [-0.4, -0.2) is 21.6 Å². The third kappa shape index (κ3) is 4.20. The molecule has 1 amide bonds. The number of ether oxygens (including phenoxy) is 1. The van der Waals surface area contributed by atoms with Crippen molar-refractivity contribution in [2.75, 3.05) is 4.90 Å². The van der Waals surface area contributed by atoms with E-state index < -0.39 is 16.6 Å². The van der Waals surface area contributed by atoms with Crippen LogP contribution in [0.1, 0.15) is 20.8 Å². The Balaban J connectivity index is 2.61. The number of halogens is 1. The molecule has 1 heterocycles. The summed E-state index contributed by atoms with van der Waals surface area (Å²) in [4.78, 5) is 28.3. The Morgan fingerprint density at radius 1 is 1.21 bits per heavy atom. The van der Waals surface area contributed by atoms with Gasteiger partial charge in [-0.25, -0.2) is 14.7 Å². The second-order valence-electron chi connectivity index (χ2n) is 5.89. The van der Waals surface area contributed by atoms with E-state index in [-0.39, 0.29) is 16.7 Å². The van der Waals surface area contributed by atoms with Crippen molar-refractivity contribution in [3.05, 3.63) is 57.7 Å². The number of hydrogen-bond donors (Lipinski definition) is 0. The average Bonchev–Trinajstić information content (AvgIpc) is 2.46. The minimum atomic E-state index is -0.786. The van der Waals surface area contributed by atoms with Crippen LogP contribution in [0.25, 0.3) is 0 Å². The molecule has 126 valence electrons. The van der Waals surface area contributed by atoms with Crippen molar-refractivity contribution in [1.29, 1.82) is 0 Å². The van der Waals surface area contributed by atoms with Crippen molar-refractivity contribution in [2.24, 2.45) is 0 Å².